The average molecular weight is 357 g/mol. The molecule has 0 aliphatic rings. The number of rotatable bonds is 3. The van der Waals surface area contributed by atoms with E-state index in [1.807, 2.05) is 29.7 Å². The molecule has 2 heterocycles. The van der Waals surface area contributed by atoms with Crippen LogP contribution in [-0.4, -0.2) is 16.5 Å². The van der Waals surface area contributed by atoms with Gasteiger partial charge in [-0.15, -0.1) is 10.2 Å². The average Bonchev–Trinajstić information content (AvgIpc) is 2.92. The highest BCUT2D eigenvalue weighted by Crippen LogP contribution is 2.35. The molecule has 0 saturated carbocycles. The Bertz CT molecular complexity index is 954. The SMILES string of the molecule is COc1ccc(Cl)c(N=Nc2c(C(C)(C)C)nc3cc(C)ccn23)c1. The van der Waals surface area contributed by atoms with Crippen LogP contribution in [-0.2, 0) is 5.41 Å². The van der Waals surface area contributed by atoms with Crippen LogP contribution >= 0.6 is 11.6 Å². The number of imidazole rings is 1. The van der Waals surface area contributed by atoms with Crippen LogP contribution in [0.25, 0.3) is 5.65 Å². The molecule has 25 heavy (non-hydrogen) atoms. The summed E-state index contributed by atoms with van der Waals surface area (Å²) in [6.45, 7) is 8.38. The number of hydrogen-bond donors (Lipinski definition) is 0. The summed E-state index contributed by atoms with van der Waals surface area (Å²) in [6, 6.07) is 9.36. The summed E-state index contributed by atoms with van der Waals surface area (Å²) in [4.78, 5) is 4.76. The Hall–Kier alpha value is -2.40. The van der Waals surface area contributed by atoms with Crippen LogP contribution in [0.5, 0.6) is 5.75 Å². The Morgan fingerprint density at radius 1 is 1.12 bits per heavy atom. The lowest BCUT2D eigenvalue weighted by Crippen LogP contribution is -2.11. The lowest BCUT2D eigenvalue weighted by atomic mass is 9.92. The van der Waals surface area contributed by atoms with Crippen LogP contribution < -0.4 is 4.74 Å². The fourth-order valence-electron chi connectivity index (χ4n) is 2.53. The van der Waals surface area contributed by atoms with Crippen molar-refractivity contribution in [2.75, 3.05) is 7.11 Å². The Balaban J connectivity index is 2.15. The highest BCUT2D eigenvalue weighted by molar-refractivity contribution is 6.33. The number of azo groups is 1. The first kappa shape index (κ1) is 17.4. The number of nitrogens with zero attached hydrogens (tertiary/aromatic N) is 4. The van der Waals surface area contributed by atoms with E-state index in [-0.39, 0.29) is 5.41 Å². The molecule has 2 aromatic heterocycles. The monoisotopic (exact) mass is 356 g/mol. The third kappa shape index (κ3) is 3.51. The molecule has 0 bridgehead atoms. The van der Waals surface area contributed by atoms with Crippen molar-refractivity contribution in [3.63, 3.8) is 0 Å². The maximum atomic E-state index is 6.23. The van der Waals surface area contributed by atoms with E-state index in [1.165, 1.54) is 0 Å². The first-order chi connectivity index (χ1) is 11.8. The molecule has 0 aliphatic carbocycles. The van der Waals surface area contributed by atoms with E-state index in [2.05, 4.69) is 31.0 Å². The Labute approximate surface area is 152 Å². The first-order valence-electron chi connectivity index (χ1n) is 8.04. The lowest BCUT2D eigenvalue weighted by molar-refractivity contribution is 0.415. The molecule has 1 aromatic carbocycles. The maximum Gasteiger partial charge on any atom is 0.183 e. The molecular weight excluding hydrogens is 336 g/mol. The Morgan fingerprint density at radius 2 is 1.88 bits per heavy atom. The number of hydrogen-bond acceptors (Lipinski definition) is 4. The van der Waals surface area contributed by atoms with E-state index in [9.17, 15) is 0 Å². The van der Waals surface area contributed by atoms with Crippen LogP contribution in [0, 0.1) is 6.92 Å². The van der Waals surface area contributed by atoms with E-state index < -0.39 is 0 Å². The molecule has 0 aliphatic heterocycles. The number of pyridine rings is 1. The van der Waals surface area contributed by atoms with Gasteiger partial charge in [-0.2, -0.15) is 0 Å². The zero-order chi connectivity index (χ0) is 18.2. The van der Waals surface area contributed by atoms with Gasteiger partial charge in [-0.1, -0.05) is 32.4 Å². The van der Waals surface area contributed by atoms with E-state index in [0.29, 0.717) is 22.3 Å². The molecule has 0 fully saturated rings. The van der Waals surface area contributed by atoms with Gasteiger partial charge in [0.25, 0.3) is 0 Å². The van der Waals surface area contributed by atoms with Crippen molar-refractivity contribution < 1.29 is 4.74 Å². The maximum absolute atomic E-state index is 6.23. The second kappa shape index (κ2) is 6.48. The zero-order valence-corrected chi connectivity index (χ0v) is 15.8. The first-order valence-corrected chi connectivity index (χ1v) is 8.42. The molecule has 130 valence electrons. The number of benzene rings is 1. The highest BCUT2D eigenvalue weighted by Gasteiger charge is 2.24. The largest absolute Gasteiger partial charge is 0.497 e. The molecule has 5 nitrogen and oxygen atoms in total. The summed E-state index contributed by atoms with van der Waals surface area (Å²) < 4.78 is 7.18. The zero-order valence-electron chi connectivity index (χ0n) is 15.0. The number of aromatic nitrogens is 2. The molecule has 3 aromatic rings. The summed E-state index contributed by atoms with van der Waals surface area (Å²) >= 11 is 6.23. The van der Waals surface area contributed by atoms with Crippen molar-refractivity contribution in [2.24, 2.45) is 10.2 Å². The molecule has 0 atom stereocenters. The Morgan fingerprint density at radius 3 is 2.56 bits per heavy atom. The fourth-order valence-corrected chi connectivity index (χ4v) is 2.68. The standard InChI is InChI=1S/C19H21ClN4O/c1-12-8-9-24-16(10-12)21-17(19(2,3)4)18(24)23-22-15-11-13(25-5)6-7-14(15)20/h6-11H,1-5H3. The molecule has 3 rings (SSSR count). The van der Waals surface area contributed by atoms with Gasteiger partial charge in [-0.3, -0.25) is 4.40 Å². The van der Waals surface area contributed by atoms with Gasteiger partial charge in [0.2, 0.25) is 0 Å². The summed E-state index contributed by atoms with van der Waals surface area (Å²) in [5.74, 6) is 1.39. The third-order valence-electron chi connectivity index (χ3n) is 3.87. The van der Waals surface area contributed by atoms with Crippen LogP contribution in [0.1, 0.15) is 32.0 Å². The summed E-state index contributed by atoms with van der Waals surface area (Å²) in [6.07, 6.45) is 1.97. The van der Waals surface area contributed by atoms with E-state index in [4.69, 9.17) is 21.3 Å². The summed E-state index contributed by atoms with van der Waals surface area (Å²) in [7, 11) is 1.61. The van der Waals surface area contributed by atoms with Crippen molar-refractivity contribution in [1.29, 1.82) is 0 Å². The lowest BCUT2D eigenvalue weighted by Gasteiger charge is -2.15. The molecular formula is C19H21ClN4O. The molecule has 0 radical (unpaired) electrons. The normalized spacial score (nSPS) is 12.2. The van der Waals surface area contributed by atoms with Crippen molar-refractivity contribution >= 4 is 28.8 Å². The topological polar surface area (TPSA) is 51.2 Å². The van der Waals surface area contributed by atoms with Crippen molar-refractivity contribution in [3.05, 3.63) is 52.8 Å². The van der Waals surface area contributed by atoms with Crippen LogP contribution in [0.4, 0.5) is 11.5 Å². The fraction of sp³-hybridized carbons (Fsp3) is 0.316. The molecule has 0 amide bonds. The second-order valence-corrected chi connectivity index (χ2v) is 7.39. The molecule has 0 saturated heterocycles. The number of methoxy groups -OCH3 is 1. The number of ether oxygens (including phenoxy) is 1. The summed E-state index contributed by atoms with van der Waals surface area (Å²) in [5, 5.41) is 9.36. The van der Waals surface area contributed by atoms with Crippen LogP contribution in [0.2, 0.25) is 5.02 Å². The predicted molar refractivity (Wildman–Crippen MR) is 101 cm³/mol. The number of fused-ring (bicyclic) bond motifs is 1. The van der Waals surface area contributed by atoms with Gasteiger partial charge in [-0.05, 0) is 36.8 Å². The van der Waals surface area contributed by atoms with Crippen LogP contribution in [0.15, 0.2) is 46.8 Å². The summed E-state index contributed by atoms with van der Waals surface area (Å²) in [5.41, 5.74) is 3.30. The van der Waals surface area contributed by atoms with E-state index in [0.717, 1.165) is 16.9 Å². The van der Waals surface area contributed by atoms with Gasteiger partial charge in [0.15, 0.2) is 5.82 Å². The molecule has 6 heteroatoms. The minimum atomic E-state index is -0.160. The predicted octanol–water partition coefficient (Wildman–Crippen LogP) is 6.02. The second-order valence-electron chi connectivity index (χ2n) is 6.98. The van der Waals surface area contributed by atoms with Crippen LogP contribution in [0.3, 0.4) is 0 Å². The third-order valence-corrected chi connectivity index (χ3v) is 4.19. The van der Waals surface area contributed by atoms with E-state index in [1.54, 1.807) is 25.3 Å². The van der Waals surface area contributed by atoms with E-state index >= 15 is 0 Å². The van der Waals surface area contributed by atoms with Gasteiger partial charge < -0.3 is 4.74 Å². The molecule has 0 spiro atoms. The highest BCUT2D eigenvalue weighted by atomic mass is 35.5. The quantitative estimate of drug-likeness (QED) is 0.539. The van der Waals surface area contributed by atoms with Crippen molar-refractivity contribution in [2.45, 2.75) is 33.1 Å². The van der Waals surface area contributed by atoms with Crippen molar-refractivity contribution in [1.82, 2.24) is 9.38 Å². The van der Waals surface area contributed by atoms with Gasteiger partial charge >= 0.3 is 0 Å². The molecule has 0 unspecified atom stereocenters. The van der Waals surface area contributed by atoms with Crippen molar-refractivity contribution in [3.8, 4) is 5.75 Å². The Kier molecular flexibility index (Phi) is 4.52. The number of aryl methyl sites for hydroxylation is 1. The van der Waals surface area contributed by atoms with Gasteiger partial charge in [0.05, 0.1) is 17.8 Å². The van der Waals surface area contributed by atoms with Gasteiger partial charge in [0.1, 0.15) is 17.1 Å². The molecule has 0 N–H and O–H groups in total. The number of halogens is 1. The van der Waals surface area contributed by atoms with Gasteiger partial charge in [0, 0.05) is 17.7 Å². The smallest absolute Gasteiger partial charge is 0.183 e. The minimum Gasteiger partial charge on any atom is -0.497 e. The van der Waals surface area contributed by atoms with Gasteiger partial charge in [-0.25, -0.2) is 4.98 Å². The minimum absolute atomic E-state index is 0.160.